The highest BCUT2D eigenvalue weighted by Crippen LogP contribution is 2.27. The fraction of sp³-hybridized carbons (Fsp3) is 0.118. The Hall–Kier alpha value is -1.80. The Labute approximate surface area is 169 Å². The number of halogens is 2. The van der Waals surface area contributed by atoms with Gasteiger partial charge in [0.25, 0.3) is 0 Å². The first kappa shape index (κ1) is 19.0. The first-order chi connectivity index (χ1) is 12.6. The summed E-state index contributed by atoms with van der Waals surface area (Å²) in [4.78, 5) is 13.2. The van der Waals surface area contributed by atoms with E-state index in [1.165, 1.54) is 11.8 Å². The molecule has 1 amide bonds. The van der Waals surface area contributed by atoms with E-state index in [0.29, 0.717) is 27.4 Å². The number of carbonyl (C=O) groups excluding carboxylic acids is 1. The number of hydrogen-bond acceptors (Lipinski definition) is 5. The summed E-state index contributed by atoms with van der Waals surface area (Å²) in [6.45, 7) is 4.34. The van der Waals surface area contributed by atoms with Crippen molar-refractivity contribution in [3.8, 4) is 10.7 Å². The molecule has 2 heterocycles. The van der Waals surface area contributed by atoms with E-state index in [-0.39, 0.29) is 11.7 Å². The van der Waals surface area contributed by atoms with Gasteiger partial charge in [-0.15, -0.1) is 28.1 Å². The number of nitrogens with one attached hydrogen (secondary N) is 1. The standard InChI is InChI=1S/C17H14Cl2N4OS2/c1-2-5-23-16(14-4-3-6-25-14)21-22-17(23)26-10-15(24)20-13-8-11(18)7-12(19)9-13/h2-4,6-9H,1,5,10H2,(H,20,24). The number of thioether (sulfide) groups is 1. The zero-order valence-corrected chi connectivity index (χ0v) is 16.6. The molecule has 5 nitrogen and oxygen atoms in total. The number of hydrogen-bond donors (Lipinski definition) is 1. The lowest BCUT2D eigenvalue weighted by Crippen LogP contribution is -2.14. The maximum absolute atomic E-state index is 12.2. The summed E-state index contributed by atoms with van der Waals surface area (Å²) in [6.07, 6.45) is 1.78. The molecule has 1 N–H and O–H groups in total. The van der Waals surface area contributed by atoms with E-state index in [1.807, 2.05) is 22.1 Å². The molecule has 0 atom stereocenters. The molecular formula is C17H14Cl2N4OS2. The molecule has 26 heavy (non-hydrogen) atoms. The molecule has 1 aromatic carbocycles. The van der Waals surface area contributed by atoms with Gasteiger partial charge in [0.05, 0.1) is 10.6 Å². The monoisotopic (exact) mass is 424 g/mol. The van der Waals surface area contributed by atoms with Gasteiger partial charge in [-0.25, -0.2) is 0 Å². The topological polar surface area (TPSA) is 59.8 Å². The average Bonchev–Trinajstić information content (AvgIpc) is 3.22. The van der Waals surface area contributed by atoms with Crippen LogP contribution in [0.2, 0.25) is 10.0 Å². The van der Waals surface area contributed by atoms with Crippen molar-refractivity contribution in [2.45, 2.75) is 11.7 Å². The Balaban J connectivity index is 1.69. The summed E-state index contributed by atoms with van der Waals surface area (Å²) < 4.78 is 1.94. The second kappa shape index (κ2) is 8.73. The summed E-state index contributed by atoms with van der Waals surface area (Å²) in [5.74, 6) is 0.771. The number of benzene rings is 1. The zero-order chi connectivity index (χ0) is 18.5. The Morgan fingerprint density at radius 2 is 2.08 bits per heavy atom. The molecule has 3 aromatic rings. The third kappa shape index (κ3) is 4.67. The molecule has 0 aliphatic rings. The number of thiophene rings is 1. The van der Waals surface area contributed by atoms with Crippen LogP contribution in [0, 0.1) is 0 Å². The SMILES string of the molecule is C=CCn1c(SCC(=O)Nc2cc(Cl)cc(Cl)c2)nnc1-c1cccs1. The van der Waals surface area contributed by atoms with E-state index in [9.17, 15) is 4.79 Å². The summed E-state index contributed by atoms with van der Waals surface area (Å²) in [6, 6.07) is 8.84. The van der Waals surface area contributed by atoms with Gasteiger partial charge in [-0.05, 0) is 29.6 Å². The number of allylic oxidation sites excluding steroid dienone is 1. The minimum atomic E-state index is -0.181. The fourth-order valence-electron chi connectivity index (χ4n) is 2.23. The maximum Gasteiger partial charge on any atom is 0.234 e. The number of aromatic nitrogens is 3. The predicted octanol–water partition coefficient (Wildman–Crippen LogP) is 5.23. The van der Waals surface area contributed by atoms with Crippen molar-refractivity contribution in [3.05, 3.63) is 58.4 Å². The predicted molar refractivity (Wildman–Crippen MR) is 109 cm³/mol. The van der Waals surface area contributed by atoms with Crippen molar-refractivity contribution in [2.75, 3.05) is 11.1 Å². The Morgan fingerprint density at radius 1 is 1.31 bits per heavy atom. The highest BCUT2D eigenvalue weighted by atomic mass is 35.5. The lowest BCUT2D eigenvalue weighted by molar-refractivity contribution is -0.113. The number of rotatable bonds is 7. The van der Waals surface area contributed by atoms with Crippen LogP contribution in [0.1, 0.15) is 0 Å². The molecule has 0 unspecified atom stereocenters. The number of nitrogens with zero attached hydrogens (tertiary/aromatic N) is 3. The molecule has 0 saturated heterocycles. The molecule has 2 aromatic heterocycles. The van der Waals surface area contributed by atoms with Crippen LogP contribution < -0.4 is 5.32 Å². The smallest absolute Gasteiger partial charge is 0.234 e. The zero-order valence-electron chi connectivity index (χ0n) is 13.5. The largest absolute Gasteiger partial charge is 0.325 e. The van der Waals surface area contributed by atoms with Crippen LogP contribution in [-0.2, 0) is 11.3 Å². The molecule has 0 aliphatic heterocycles. The van der Waals surface area contributed by atoms with E-state index in [1.54, 1.807) is 35.6 Å². The summed E-state index contributed by atoms with van der Waals surface area (Å²) in [5, 5.41) is 14.8. The van der Waals surface area contributed by atoms with Gasteiger partial charge < -0.3 is 5.32 Å². The van der Waals surface area contributed by atoms with E-state index in [4.69, 9.17) is 23.2 Å². The minimum Gasteiger partial charge on any atom is -0.325 e. The maximum atomic E-state index is 12.2. The van der Waals surface area contributed by atoms with Gasteiger partial charge in [-0.3, -0.25) is 9.36 Å². The molecule has 0 fully saturated rings. The van der Waals surface area contributed by atoms with Gasteiger partial charge in [0.15, 0.2) is 11.0 Å². The van der Waals surface area contributed by atoms with Gasteiger partial charge in [0.1, 0.15) is 0 Å². The van der Waals surface area contributed by atoms with Gasteiger partial charge >= 0.3 is 0 Å². The van der Waals surface area contributed by atoms with E-state index in [2.05, 4.69) is 22.1 Å². The Bertz CT molecular complexity index is 905. The Kier molecular flexibility index (Phi) is 6.37. The lowest BCUT2D eigenvalue weighted by atomic mass is 10.3. The van der Waals surface area contributed by atoms with Crippen LogP contribution in [0.4, 0.5) is 5.69 Å². The molecule has 0 radical (unpaired) electrons. The molecule has 0 spiro atoms. The highest BCUT2D eigenvalue weighted by Gasteiger charge is 2.15. The summed E-state index contributed by atoms with van der Waals surface area (Å²) >= 11 is 14.8. The van der Waals surface area contributed by atoms with E-state index in [0.717, 1.165) is 10.7 Å². The van der Waals surface area contributed by atoms with E-state index >= 15 is 0 Å². The van der Waals surface area contributed by atoms with Gasteiger partial charge in [-0.1, -0.05) is 47.1 Å². The number of anilines is 1. The molecule has 0 saturated carbocycles. The van der Waals surface area contributed by atoms with Crippen molar-refractivity contribution < 1.29 is 4.79 Å². The van der Waals surface area contributed by atoms with Crippen LogP contribution in [0.3, 0.4) is 0 Å². The third-order valence-electron chi connectivity index (χ3n) is 3.25. The van der Waals surface area contributed by atoms with Gasteiger partial charge in [0, 0.05) is 22.3 Å². The number of carbonyl (C=O) groups is 1. The minimum absolute atomic E-state index is 0.181. The molecule has 0 bridgehead atoms. The molecule has 9 heteroatoms. The fourth-order valence-corrected chi connectivity index (χ4v) is 4.22. The second-order valence-electron chi connectivity index (χ2n) is 5.18. The molecular weight excluding hydrogens is 411 g/mol. The second-order valence-corrected chi connectivity index (χ2v) is 7.94. The normalized spacial score (nSPS) is 10.7. The average molecular weight is 425 g/mol. The van der Waals surface area contributed by atoms with Crippen LogP contribution in [0.5, 0.6) is 0 Å². The van der Waals surface area contributed by atoms with Gasteiger partial charge in [-0.2, -0.15) is 0 Å². The van der Waals surface area contributed by atoms with Crippen LogP contribution in [-0.4, -0.2) is 26.4 Å². The quantitative estimate of drug-likeness (QED) is 0.416. The highest BCUT2D eigenvalue weighted by molar-refractivity contribution is 7.99. The number of amides is 1. The van der Waals surface area contributed by atoms with Crippen LogP contribution >= 0.6 is 46.3 Å². The third-order valence-corrected chi connectivity index (χ3v) is 5.52. The lowest BCUT2D eigenvalue weighted by Gasteiger charge is -2.08. The van der Waals surface area contributed by atoms with Crippen molar-refractivity contribution in [1.29, 1.82) is 0 Å². The van der Waals surface area contributed by atoms with Crippen molar-refractivity contribution in [3.63, 3.8) is 0 Å². The van der Waals surface area contributed by atoms with Crippen molar-refractivity contribution in [1.82, 2.24) is 14.8 Å². The van der Waals surface area contributed by atoms with Crippen LogP contribution in [0.15, 0.2) is 53.5 Å². The van der Waals surface area contributed by atoms with E-state index < -0.39 is 0 Å². The first-order valence-corrected chi connectivity index (χ1v) is 10.2. The molecule has 0 aliphatic carbocycles. The molecule has 134 valence electrons. The van der Waals surface area contributed by atoms with Gasteiger partial charge in [0.2, 0.25) is 5.91 Å². The molecule has 3 rings (SSSR count). The van der Waals surface area contributed by atoms with Crippen molar-refractivity contribution >= 4 is 57.9 Å². The summed E-state index contributed by atoms with van der Waals surface area (Å²) in [5.41, 5.74) is 0.555. The summed E-state index contributed by atoms with van der Waals surface area (Å²) in [7, 11) is 0. The first-order valence-electron chi connectivity index (χ1n) is 7.53. The van der Waals surface area contributed by atoms with Crippen molar-refractivity contribution in [2.24, 2.45) is 0 Å². The van der Waals surface area contributed by atoms with Crippen LogP contribution in [0.25, 0.3) is 10.7 Å². The Morgan fingerprint density at radius 3 is 2.73 bits per heavy atom.